The Balaban J connectivity index is 1.18. The second kappa shape index (κ2) is 12.2. The number of methoxy groups -OCH3 is 1. The molecule has 7 rings (SSSR count). The summed E-state index contributed by atoms with van der Waals surface area (Å²) in [5.41, 5.74) is 4.00. The summed E-state index contributed by atoms with van der Waals surface area (Å²) in [5.74, 6) is 1.09. The third kappa shape index (κ3) is 5.71. The number of amides is 2. The number of carbonyl (C=O) groups excluding carboxylic acids is 2. The number of fused-ring (bicyclic) bond motifs is 2. The SMILES string of the molecule is COc1ccc(C2C(C(=O)N3CCN(Cc4ccc5c(c4)OCO5)CC3)c3ccccc3C(=O)N2Cc2ccc(F)cc2)cc1. The molecule has 0 radical (unpaired) electrons. The first-order valence-electron chi connectivity index (χ1n) is 15.2. The Morgan fingerprint density at radius 3 is 2.31 bits per heavy atom. The van der Waals surface area contributed by atoms with Crippen LogP contribution in [-0.2, 0) is 17.9 Å². The Morgan fingerprint density at radius 2 is 1.56 bits per heavy atom. The molecule has 2 unspecified atom stereocenters. The van der Waals surface area contributed by atoms with Gasteiger partial charge in [0.2, 0.25) is 12.7 Å². The molecule has 230 valence electrons. The zero-order valence-electron chi connectivity index (χ0n) is 25.0. The summed E-state index contributed by atoms with van der Waals surface area (Å²) in [7, 11) is 1.61. The normalized spacial score (nSPS) is 19.4. The highest BCUT2D eigenvalue weighted by molar-refractivity contribution is 6.01. The molecule has 0 saturated carbocycles. The molecule has 3 aliphatic heterocycles. The van der Waals surface area contributed by atoms with Crippen LogP contribution in [0.1, 0.15) is 44.6 Å². The van der Waals surface area contributed by atoms with Crippen molar-refractivity contribution < 1.29 is 28.2 Å². The van der Waals surface area contributed by atoms with Gasteiger partial charge in [0.1, 0.15) is 11.6 Å². The maximum Gasteiger partial charge on any atom is 0.255 e. The second-order valence-corrected chi connectivity index (χ2v) is 11.6. The van der Waals surface area contributed by atoms with Gasteiger partial charge in [-0.15, -0.1) is 0 Å². The van der Waals surface area contributed by atoms with Gasteiger partial charge in [0.25, 0.3) is 5.91 Å². The third-order valence-electron chi connectivity index (χ3n) is 8.96. The minimum absolute atomic E-state index is 0.0115. The van der Waals surface area contributed by atoms with Crippen molar-refractivity contribution in [3.05, 3.63) is 125 Å². The van der Waals surface area contributed by atoms with E-state index in [0.717, 1.165) is 53.4 Å². The molecule has 0 bridgehead atoms. The molecular weight excluding hydrogens is 573 g/mol. The summed E-state index contributed by atoms with van der Waals surface area (Å²) in [6.45, 7) is 3.82. The van der Waals surface area contributed by atoms with Crippen LogP contribution in [-0.4, -0.2) is 66.6 Å². The lowest BCUT2D eigenvalue weighted by atomic mass is 9.78. The fourth-order valence-electron chi connectivity index (χ4n) is 6.61. The molecular formula is C36H34FN3O5. The quantitative estimate of drug-likeness (QED) is 0.281. The Labute approximate surface area is 261 Å². The summed E-state index contributed by atoms with van der Waals surface area (Å²) in [6.07, 6.45) is 0. The van der Waals surface area contributed by atoms with Gasteiger partial charge in [-0.1, -0.05) is 48.5 Å². The average Bonchev–Trinajstić information content (AvgIpc) is 3.55. The molecule has 3 aliphatic rings. The third-order valence-corrected chi connectivity index (χ3v) is 8.96. The second-order valence-electron chi connectivity index (χ2n) is 11.6. The predicted molar refractivity (Wildman–Crippen MR) is 166 cm³/mol. The van der Waals surface area contributed by atoms with E-state index in [1.807, 2.05) is 59.5 Å². The summed E-state index contributed by atoms with van der Waals surface area (Å²) in [6, 6.07) is 26.6. The van der Waals surface area contributed by atoms with Gasteiger partial charge in [0, 0.05) is 44.8 Å². The molecule has 0 aliphatic carbocycles. The molecule has 4 aromatic rings. The van der Waals surface area contributed by atoms with E-state index in [9.17, 15) is 14.0 Å². The van der Waals surface area contributed by atoms with Crippen LogP contribution in [0.5, 0.6) is 17.2 Å². The maximum absolute atomic E-state index is 14.6. The van der Waals surface area contributed by atoms with Crippen LogP contribution in [0, 0.1) is 5.82 Å². The summed E-state index contributed by atoms with van der Waals surface area (Å²) in [5, 5.41) is 0. The van der Waals surface area contributed by atoms with Crippen LogP contribution < -0.4 is 14.2 Å². The van der Waals surface area contributed by atoms with Crippen molar-refractivity contribution in [3.63, 3.8) is 0 Å². The number of carbonyl (C=O) groups is 2. The van der Waals surface area contributed by atoms with Gasteiger partial charge in [0.15, 0.2) is 11.5 Å². The van der Waals surface area contributed by atoms with E-state index in [4.69, 9.17) is 14.2 Å². The Kier molecular flexibility index (Phi) is 7.85. The highest BCUT2D eigenvalue weighted by Crippen LogP contribution is 2.45. The topological polar surface area (TPSA) is 71.5 Å². The Morgan fingerprint density at radius 1 is 0.844 bits per heavy atom. The molecule has 1 fully saturated rings. The molecule has 4 aromatic carbocycles. The first kappa shape index (κ1) is 28.9. The smallest absolute Gasteiger partial charge is 0.255 e. The Bertz CT molecular complexity index is 1700. The molecule has 1 saturated heterocycles. The van der Waals surface area contributed by atoms with Crippen molar-refractivity contribution in [2.45, 2.75) is 25.0 Å². The zero-order valence-corrected chi connectivity index (χ0v) is 25.0. The van der Waals surface area contributed by atoms with Crippen LogP contribution in [0.3, 0.4) is 0 Å². The van der Waals surface area contributed by atoms with E-state index in [2.05, 4.69) is 11.0 Å². The molecule has 3 heterocycles. The zero-order chi connectivity index (χ0) is 30.9. The molecule has 0 aromatic heterocycles. The number of nitrogens with zero attached hydrogens (tertiary/aromatic N) is 3. The molecule has 45 heavy (non-hydrogen) atoms. The predicted octanol–water partition coefficient (Wildman–Crippen LogP) is 5.39. The number of rotatable bonds is 7. The van der Waals surface area contributed by atoms with Crippen LogP contribution in [0.4, 0.5) is 4.39 Å². The van der Waals surface area contributed by atoms with Crippen molar-refractivity contribution in [1.82, 2.24) is 14.7 Å². The van der Waals surface area contributed by atoms with Gasteiger partial charge in [-0.3, -0.25) is 14.5 Å². The van der Waals surface area contributed by atoms with Gasteiger partial charge in [0.05, 0.1) is 19.1 Å². The largest absolute Gasteiger partial charge is 0.497 e. The van der Waals surface area contributed by atoms with Gasteiger partial charge in [-0.05, 0) is 64.7 Å². The lowest BCUT2D eigenvalue weighted by Crippen LogP contribution is -2.53. The van der Waals surface area contributed by atoms with Crippen molar-refractivity contribution in [2.75, 3.05) is 40.1 Å². The molecule has 8 nitrogen and oxygen atoms in total. The number of hydrogen-bond acceptors (Lipinski definition) is 6. The lowest BCUT2D eigenvalue weighted by molar-refractivity contribution is -0.136. The fraction of sp³-hybridized carbons (Fsp3) is 0.278. The highest BCUT2D eigenvalue weighted by Gasteiger charge is 2.45. The van der Waals surface area contributed by atoms with E-state index in [1.165, 1.54) is 12.1 Å². The van der Waals surface area contributed by atoms with Crippen LogP contribution in [0.25, 0.3) is 0 Å². The van der Waals surface area contributed by atoms with Crippen molar-refractivity contribution >= 4 is 11.8 Å². The first-order valence-corrected chi connectivity index (χ1v) is 15.2. The van der Waals surface area contributed by atoms with Gasteiger partial charge in [-0.2, -0.15) is 0 Å². The first-order chi connectivity index (χ1) is 22.0. The molecule has 0 spiro atoms. The average molecular weight is 608 g/mol. The fourth-order valence-corrected chi connectivity index (χ4v) is 6.61. The van der Waals surface area contributed by atoms with E-state index in [-0.39, 0.29) is 31.0 Å². The highest BCUT2D eigenvalue weighted by atomic mass is 19.1. The number of halogens is 1. The van der Waals surface area contributed by atoms with Gasteiger partial charge in [-0.25, -0.2) is 4.39 Å². The van der Waals surface area contributed by atoms with E-state index < -0.39 is 12.0 Å². The lowest BCUT2D eigenvalue weighted by Gasteiger charge is -2.44. The minimum atomic E-state index is -0.617. The number of benzene rings is 4. The number of ether oxygens (including phenoxy) is 3. The molecule has 9 heteroatoms. The van der Waals surface area contributed by atoms with E-state index in [0.29, 0.717) is 24.4 Å². The standard InChI is InChI=1S/C36H34FN3O5/c1-43-28-13-9-26(10-14-28)34-33(29-4-2-3-5-30(29)35(41)40(34)22-24-6-11-27(37)12-7-24)36(42)39-18-16-38(17-19-39)21-25-8-15-31-32(20-25)45-23-44-31/h2-15,20,33-34H,16-19,21-23H2,1H3. The maximum atomic E-state index is 14.6. The number of piperazine rings is 1. The van der Waals surface area contributed by atoms with Crippen LogP contribution in [0.15, 0.2) is 91.0 Å². The number of hydrogen-bond donors (Lipinski definition) is 0. The summed E-state index contributed by atoms with van der Waals surface area (Å²) in [4.78, 5) is 34.8. The van der Waals surface area contributed by atoms with E-state index in [1.54, 1.807) is 30.2 Å². The Hall–Kier alpha value is -4.89. The molecule has 2 amide bonds. The molecule has 0 N–H and O–H groups in total. The summed E-state index contributed by atoms with van der Waals surface area (Å²) < 4.78 is 30.2. The minimum Gasteiger partial charge on any atom is -0.497 e. The monoisotopic (exact) mass is 607 g/mol. The summed E-state index contributed by atoms with van der Waals surface area (Å²) >= 11 is 0. The van der Waals surface area contributed by atoms with Crippen LogP contribution in [0.2, 0.25) is 0 Å². The van der Waals surface area contributed by atoms with Crippen molar-refractivity contribution in [3.8, 4) is 17.2 Å². The van der Waals surface area contributed by atoms with Crippen molar-refractivity contribution in [2.24, 2.45) is 0 Å². The van der Waals surface area contributed by atoms with Gasteiger partial charge >= 0.3 is 0 Å². The van der Waals surface area contributed by atoms with Crippen molar-refractivity contribution in [1.29, 1.82) is 0 Å². The van der Waals surface area contributed by atoms with Crippen LogP contribution >= 0.6 is 0 Å². The van der Waals surface area contributed by atoms with Gasteiger partial charge < -0.3 is 24.0 Å². The van der Waals surface area contributed by atoms with E-state index >= 15 is 0 Å². The molecule has 2 atom stereocenters.